The average Bonchev–Trinajstić information content (AvgIpc) is 3.41. The van der Waals surface area contributed by atoms with Crippen molar-refractivity contribution < 1.29 is 42.6 Å². The first kappa shape index (κ1) is 38.9. The third-order valence-electron chi connectivity index (χ3n) is 7.81. The molecule has 0 spiro atoms. The van der Waals surface area contributed by atoms with Crippen LogP contribution in [0.3, 0.4) is 0 Å². The van der Waals surface area contributed by atoms with E-state index in [4.69, 9.17) is 18.6 Å². The molecule has 0 bridgehead atoms. The van der Waals surface area contributed by atoms with E-state index in [2.05, 4.69) is 15.6 Å². The van der Waals surface area contributed by atoms with Crippen molar-refractivity contribution in [2.75, 3.05) is 38.3 Å². The molecule has 2 N–H and O–H groups in total. The Labute approximate surface area is 277 Å². The quantitative estimate of drug-likeness (QED) is 0.199. The second-order valence-corrected chi connectivity index (χ2v) is 19.6. The predicted molar refractivity (Wildman–Crippen MR) is 176 cm³/mol. The smallest absolute Gasteiger partial charge is 0.410 e. The number of aromatic nitrogens is 1. The second kappa shape index (κ2) is 15.6. The van der Waals surface area contributed by atoms with Gasteiger partial charge in [-0.05, 0) is 52.8 Å². The summed E-state index contributed by atoms with van der Waals surface area (Å²) >= 11 is 1.28. The maximum atomic E-state index is 13.4. The number of carbonyl (C=O) groups excluding carboxylic acids is 5. The molecular formula is C30H51N5O9SSi. The highest BCUT2D eigenvalue weighted by Gasteiger charge is 2.40. The Morgan fingerprint density at radius 3 is 2.09 bits per heavy atom. The predicted octanol–water partition coefficient (Wildman–Crippen LogP) is 3.32. The first-order chi connectivity index (χ1) is 21.1. The van der Waals surface area contributed by atoms with Crippen molar-refractivity contribution in [2.24, 2.45) is 0 Å². The summed E-state index contributed by atoms with van der Waals surface area (Å²) in [4.78, 5) is 71.6. The SMILES string of the molecule is COC(=O)C(COC(C)=O)NC(=O)C(CO[Si](C)(C)C(C)(C)C)NC(=O)c1csc(N2CC(C)N(C(=O)OC(C)(C)C)C(C)C2)n1. The van der Waals surface area contributed by atoms with E-state index in [1.807, 2.05) is 73.4 Å². The summed E-state index contributed by atoms with van der Waals surface area (Å²) in [7, 11) is -1.20. The van der Waals surface area contributed by atoms with Crippen molar-refractivity contribution in [3.63, 3.8) is 0 Å². The van der Waals surface area contributed by atoms with Crippen molar-refractivity contribution in [2.45, 2.75) is 110 Å². The summed E-state index contributed by atoms with van der Waals surface area (Å²) in [5, 5.41) is 7.24. The van der Waals surface area contributed by atoms with E-state index in [-0.39, 0.29) is 35.5 Å². The minimum atomic E-state index is -2.35. The normalized spacial score (nSPS) is 18.7. The number of nitrogens with one attached hydrogen (secondary N) is 2. The molecule has 1 aliphatic heterocycles. The maximum absolute atomic E-state index is 13.4. The molecule has 2 heterocycles. The van der Waals surface area contributed by atoms with Crippen LogP contribution >= 0.6 is 11.3 Å². The molecule has 1 saturated heterocycles. The van der Waals surface area contributed by atoms with Crippen LogP contribution in [-0.4, -0.2) is 111 Å². The number of rotatable bonds is 11. The minimum absolute atomic E-state index is 0.101. The van der Waals surface area contributed by atoms with Gasteiger partial charge in [0.05, 0.1) is 25.8 Å². The molecular weight excluding hydrogens is 635 g/mol. The molecule has 1 fully saturated rings. The third kappa shape index (κ3) is 10.9. The molecule has 260 valence electrons. The van der Waals surface area contributed by atoms with Crippen LogP contribution < -0.4 is 15.5 Å². The van der Waals surface area contributed by atoms with Crippen molar-refractivity contribution in [1.82, 2.24) is 20.5 Å². The van der Waals surface area contributed by atoms with E-state index in [1.54, 1.807) is 10.3 Å². The summed E-state index contributed by atoms with van der Waals surface area (Å²) in [6.45, 7) is 21.1. The standard InChI is InChI=1S/C30H51N5O9SSi/c1-18-13-34(14-19(2)35(18)28(40)44-29(4,5)6)27-33-23(17-45-27)25(38)31-21(16-43-46(11,12)30(7,8)9)24(37)32-22(26(39)41-10)15-42-20(3)36/h17-19,21-22H,13-16H2,1-12H3,(H,31,38)(H,32,37). The molecule has 3 amide bonds. The number of nitrogens with zero attached hydrogens (tertiary/aromatic N) is 3. The van der Waals surface area contributed by atoms with Gasteiger partial charge in [-0.2, -0.15) is 0 Å². The molecule has 0 saturated carbocycles. The molecule has 4 atom stereocenters. The monoisotopic (exact) mass is 685 g/mol. The van der Waals surface area contributed by atoms with Gasteiger partial charge >= 0.3 is 18.0 Å². The van der Waals surface area contributed by atoms with Crippen molar-refractivity contribution in [3.05, 3.63) is 11.1 Å². The topological polar surface area (TPSA) is 166 Å². The lowest BCUT2D eigenvalue weighted by Gasteiger charge is -2.44. The summed E-state index contributed by atoms with van der Waals surface area (Å²) < 4.78 is 21.5. The van der Waals surface area contributed by atoms with Crippen LogP contribution in [0.2, 0.25) is 18.1 Å². The molecule has 2 rings (SSSR count). The van der Waals surface area contributed by atoms with Crippen LogP contribution in [0.5, 0.6) is 0 Å². The molecule has 0 aliphatic carbocycles. The van der Waals surface area contributed by atoms with Gasteiger partial charge in [0.1, 0.15) is 23.9 Å². The highest BCUT2D eigenvalue weighted by Crippen LogP contribution is 2.36. The van der Waals surface area contributed by atoms with Gasteiger partial charge in [-0.3, -0.25) is 19.3 Å². The largest absolute Gasteiger partial charge is 0.467 e. The summed E-state index contributed by atoms with van der Waals surface area (Å²) in [6, 6.07) is -2.83. The summed E-state index contributed by atoms with van der Waals surface area (Å²) in [5.41, 5.74) is -0.512. The number of amides is 3. The van der Waals surface area contributed by atoms with Crippen LogP contribution in [0.25, 0.3) is 0 Å². The molecule has 14 nitrogen and oxygen atoms in total. The fraction of sp³-hybridized carbons (Fsp3) is 0.733. The lowest BCUT2D eigenvalue weighted by Crippen LogP contribution is -2.59. The van der Waals surface area contributed by atoms with Crippen molar-refractivity contribution >= 4 is 54.6 Å². The Morgan fingerprint density at radius 2 is 1.59 bits per heavy atom. The van der Waals surface area contributed by atoms with Crippen LogP contribution in [0.4, 0.5) is 9.93 Å². The zero-order chi connectivity index (χ0) is 35.2. The Bertz CT molecular complexity index is 1250. The van der Waals surface area contributed by atoms with E-state index < -0.39 is 56.4 Å². The highest BCUT2D eigenvalue weighted by molar-refractivity contribution is 7.14. The Morgan fingerprint density at radius 1 is 1.00 bits per heavy atom. The van der Waals surface area contributed by atoms with Gasteiger partial charge in [0.2, 0.25) is 5.91 Å². The van der Waals surface area contributed by atoms with Crippen LogP contribution in [0, 0.1) is 0 Å². The summed E-state index contributed by atoms with van der Waals surface area (Å²) in [5.74, 6) is -2.77. The Balaban J connectivity index is 2.23. The van der Waals surface area contributed by atoms with E-state index in [0.717, 1.165) is 7.11 Å². The van der Waals surface area contributed by atoms with Gasteiger partial charge in [-0.15, -0.1) is 11.3 Å². The molecule has 0 radical (unpaired) electrons. The molecule has 4 unspecified atom stereocenters. The molecule has 1 aliphatic rings. The third-order valence-corrected chi connectivity index (χ3v) is 13.2. The molecule has 16 heteroatoms. The number of carbonyl (C=O) groups is 5. The van der Waals surface area contributed by atoms with Crippen molar-refractivity contribution in [3.8, 4) is 0 Å². The van der Waals surface area contributed by atoms with E-state index >= 15 is 0 Å². The lowest BCUT2D eigenvalue weighted by atomic mass is 10.1. The van der Waals surface area contributed by atoms with Crippen LogP contribution in [0.1, 0.15) is 72.8 Å². The zero-order valence-corrected chi connectivity index (χ0v) is 31.0. The molecule has 1 aromatic rings. The van der Waals surface area contributed by atoms with Crippen molar-refractivity contribution in [1.29, 1.82) is 0 Å². The van der Waals surface area contributed by atoms with Gasteiger partial charge in [-0.25, -0.2) is 14.6 Å². The molecule has 1 aromatic heterocycles. The van der Waals surface area contributed by atoms with Gasteiger partial charge in [-0.1, -0.05) is 20.8 Å². The Hall–Kier alpha value is -3.24. The maximum Gasteiger partial charge on any atom is 0.410 e. The van der Waals surface area contributed by atoms with Gasteiger partial charge in [0.25, 0.3) is 5.91 Å². The number of piperazine rings is 1. The van der Waals surface area contributed by atoms with E-state index in [1.165, 1.54) is 18.3 Å². The first-order valence-electron chi connectivity index (χ1n) is 15.2. The number of ether oxygens (including phenoxy) is 3. The number of hydrogen-bond donors (Lipinski definition) is 2. The van der Waals surface area contributed by atoms with E-state index in [9.17, 15) is 24.0 Å². The Kier molecular flexibility index (Phi) is 13.2. The lowest BCUT2D eigenvalue weighted by molar-refractivity contribution is -0.151. The minimum Gasteiger partial charge on any atom is -0.467 e. The van der Waals surface area contributed by atoms with Gasteiger partial charge in [0, 0.05) is 25.4 Å². The highest BCUT2D eigenvalue weighted by atomic mass is 32.1. The van der Waals surface area contributed by atoms with Gasteiger partial charge < -0.3 is 34.2 Å². The fourth-order valence-electron chi connectivity index (χ4n) is 4.37. The van der Waals surface area contributed by atoms with Crippen LogP contribution in [-0.2, 0) is 33.0 Å². The molecule has 46 heavy (non-hydrogen) atoms. The number of hydrogen-bond acceptors (Lipinski definition) is 12. The summed E-state index contributed by atoms with van der Waals surface area (Å²) in [6.07, 6.45) is -0.377. The first-order valence-corrected chi connectivity index (χ1v) is 19.0. The number of methoxy groups -OCH3 is 1. The van der Waals surface area contributed by atoms with E-state index in [0.29, 0.717) is 18.2 Å². The fourth-order valence-corrected chi connectivity index (χ4v) is 6.22. The second-order valence-electron chi connectivity index (χ2n) is 14.0. The number of anilines is 1. The number of thiazole rings is 1. The average molecular weight is 686 g/mol. The van der Waals surface area contributed by atoms with Crippen LogP contribution in [0.15, 0.2) is 5.38 Å². The molecule has 0 aromatic carbocycles. The zero-order valence-electron chi connectivity index (χ0n) is 29.1. The van der Waals surface area contributed by atoms with Gasteiger partial charge in [0.15, 0.2) is 19.5 Å². The number of esters is 2.